The van der Waals surface area contributed by atoms with Crippen molar-refractivity contribution in [2.75, 3.05) is 0 Å². The number of nitrogens with zero attached hydrogens (tertiary/aromatic N) is 1. The van der Waals surface area contributed by atoms with Crippen molar-refractivity contribution < 1.29 is 22.8 Å². The molecule has 0 aliphatic carbocycles. The van der Waals surface area contributed by atoms with Crippen LogP contribution < -0.4 is 4.74 Å². The van der Waals surface area contributed by atoms with Gasteiger partial charge in [0.15, 0.2) is 0 Å². The van der Waals surface area contributed by atoms with Gasteiger partial charge in [-0.05, 0) is 30.3 Å². The summed E-state index contributed by atoms with van der Waals surface area (Å²) >= 11 is 6.06. The smallest absolute Gasteiger partial charge is 0.416 e. The Kier molecular flexibility index (Phi) is 5.05. The second kappa shape index (κ2) is 7.28. The molecule has 4 nitrogen and oxygen atoms in total. The van der Waals surface area contributed by atoms with Crippen LogP contribution in [0, 0.1) is 16.2 Å². The number of rotatable bonds is 4. The van der Waals surface area contributed by atoms with E-state index in [1.807, 2.05) is 0 Å². The van der Waals surface area contributed by atoms with Crippen molar-refractivity contribution in [3.8, 4) is 22.6 Å². The number of alkyl halides is 3. The Bertz CT molecular complexity index is 1010. The fraction of sp³-hybridized carbons (Fsp3) is 0.0526. The molecule has 0 amide bonds. The molecule has 3 rings (SSSR count). The van der Waals surface area contributed by atoms with E-state index in [4.69, 9.17) is 16.3 Å². The number of hydrogen-bond donors (Lipinski definition) is 0. The number of para-hydroxylation sites is 1. The van der Waals surface area contributed by atoms with E-state index >= 15 is 0 Å². The zero-order valence-corrected chi connectivity index (χ0v) is 14.2. The van der Waals surface area contributed by atoms with Gasteiger partial charge < -0.3 is 4.74 Å². The van der Waals surface area contributed by atoms with E-state index in [1.54, 1.807) is 24.3 Å². The molecule has 0 unspecified atom stereocenters. The number of benzene rings is 3. The molecular formula is C19H10ClF3NO3. The minimum absolute atomic E-state index is 0.0896. The fourth-order valence-corrected chi connectivity index (χ4v) is 2.70. The van der Waals surface area contributed by atoms with Crippen molar-refractivity contribution in [3.05, 3.63) is 87.4 Å². The Morgan fingerprint density at radius 2 is 1.78 bits per heavy atom. The number of nitro benzene ring substituents is 1. The van der Waals surface area contributed by atoms with E-state index in [0.717, 1.165) is 12.1 Å². The fourth-order valence-electron chi connectivity index (χ4n) is 2.42. The summed E-state index contributed by atoms with van der Waals surface area (Å²) in [5.41, 5.74) is -0.328. The standard InChI is InChI=1S/C19H10ClF3NO3/c20-17-10-12(19(21,22)23)8-9-15(17)16-6-1-2-7-18(16)27-14-5-3-4-13(11-14)24(25)26/h1-3,5-11H. The van der Waals surface area contributed by atoms with Gasteiger partial charge in [0.05, 0.1) is 22.6 Å². The number of halogens is 4. The summed E-state index contributed by atoms with van der Waals surface area (Å²) in [7, 11) is 0. The molecule has 0 saturated heterocycles. The van der Waals surface area contributed by atoms with Crippen LogP contribution in [0.1, 0.15) is 5.56 Å². The van der Waals surface area contributed by atoms with Gasteiger partial charge in [-0.25, -0.2) is 0 Å². The van der Waals surface area contributed by atoms with Gasteiger partial charge in [0, 0.05) is 16.1 Å². The molecule has 27 heavy (non-hydrogen) atoms. The summed E-state index contributed by atoms with van der Waals surface area (Å²) in [4.78, 5) is 10.3. The van der Waals surface area contributed by atoms with Gasteiger partial charge in [0.2, 0.25) is 0 Å². The topological polar surface area (TPSA) is 52.4 Å². The maximum Gasteiger partial charge on any atom is 0.416 e. The first-order chi connectivity index (χ1) is 12.8. The molecule has 0 heterocycles. The molecule has 3 aromatic rings. The largest absolute Gasteiger partial charge is 0.456 e. The van der Waals surface area contributed by atoms with E-state index < -0.39 is 16.7 Å². The molecule has 8 heteroatoms. The van der Waals surface area contributed by atoms with Gasteiger partial charge in [-0.2, -0.15) is 13.2 Å². The van der Waals surface area contributed by atoms with E-state index in [2.05, 4.69) is 6.07 Å². The quantitative estimate of drug-likeness (QED) is 0.375. The summed E-state index contributed by atoms with van der Waals surface area (Å²) in [6.45, 7) is 0. The average molecular weight is 393 g/mol. The Hall–Kier alpha value is -3.06. The monoisotopic (exact) mass is 392 g/mol. The van der Waals surface area contributed by atoms with E-state index in [1.165, 1.54) is 24.3 Å². The number of hydrogen-bond acceptors (Lipinski definition) is 3. The van der Waals surface area contributed by atoms with Crippen LogP contribution >= 0.6 is 11.6 Å². The second-order valence-electron chi connectivity index (χ2n) is 5.46. The lowest BCUT2D eigenvalue weighted by Crippen LogP contribution is -2.04. The van der Waals surface area contributed by atoms with Crippen molar-refractivity contribution in [2.45, 2.75) is 6.18 Å². The highest BCUT2D eigenvalue weighted by atomic mass is 35.5. The summed E-state index contributed by atoms with van der Waals surface area (Å²) in [5, 5.41) is 10.8. The molecule has 1 radical (unpaired) electrons. The SMILES string of the molecule is O=[N+]([O-])c1[c]ccc(Oc2ccccc2-c2ccc(C(F)(F)F)cc2Cl)c1. The average Bonchev–Trinajstić information content (AvgIpc) is 2.62. The summed E-state index contributed by atoms with van der Waals surface area (Å²) in [6.07, 6.45) is -4.50. The number of non-ortho nitro benzene ring substituents is 1. The predicted molar refractivity (Wildman–Crippen MR) is 93.9 cm³/mol. The van der Waals surface area contributed by atoms with Crippen molar-refractivity contribution in [3.63, 3.8) is 0 Å². The lowest BCUT2D eigenvalue weighted by atomic mass is 10.0. The lowest BCUT2D eigenvalue weighted by Gasteiger charge is -2.14. The molecular weight excluding hydrogens is 383 g/mol. The molecule has 137 valence electrons. The number of ether oxygens (including phenoxy) is 1. The third-order valence-electron chi connectivity index (χ3n) is 3.66. The van der Waals surface area contributed by atoms with Crippen molar-refractivity contribution >= 4 is 17.3 Å². The molecule has 0 aliphatic heterocycles. The van der Waals surface area contributed by atoms with Crippen molar-refractivity contribution in [1.82, 2.24) is 0 Å². The van der Waals surface area contributed by atoms with E-state index in [9.17, 15) is 23.3 Å². The first kappa shape index (κ1) is 18.7. The molecule has 0 aromatic heterocycles. The third kappa shape index (κ3) is 4.20. The zero-order valence-electron chi connectivity index (χ0n) is 13.5. The maximum atomic E-state index is 12.8. The highest BCUT2D eigenvalue weighted by Crippen LogP contribution is 2.40. The normalized spacial score (nSPS) is 11.3. The minimum atomic E-state index is -4.50. The molecule has 0 saturated carbocycles. The van der Waals surface area contributed by atoms with Crippen LogP contribution in [0.5, 0.6) is 11.5 Å². The van der Waals surface area contributed by atoms with E-state index in [0.29, 0.717) is 16.9 Å². The lowest BCUT2D eigenvalue weighted by molar-refractivity contribution is -0.385. The Morgan fingerprint density at radius 1 is 1.04 bits per heavy atom. The van der Waals surface area contributed by atoms with Gasteiger partial charge in [-0.1, -0.05) is 35.9 Å². The van der Waals surface area contributed by atoms with Crippen LogP contribution in [0.25, 0.3) is 11.1 Å². The van der Waals surface area contributed by atoms with Gasteiger partial charge in [-0.3, -0.25) is 10.1 Å². The van der Waals surface area contributed by atoms with Crippen LogP contribution in [0.15, 0.2) is 60.7 Å². The Labute approximate surface area is 156 Å². The Balaban J connectivity index is 2.00. The molecule has 0 aliphatic rings. The first-order valence-corrected chi connectivity index (χ1v) is 7.93. The van der Waals surface area contributed by atoms with Gasteiger partial charge in [0.1, 0.15) is 11.5 Å². The predicted octanol–water partition coefficient (Wildman–Crippen LogP) is 6.53. The first-order valence-electron chi connectivity index (χ1n) is 7.56. The maximum absolute atomic E-state index is 12.8. The molecule has 0 bridgehead atoms. The van der Waals surface area contributed by atoms with Crippen LogP contribution in [-0.4, -0.2) is 4.92 Å². The second-order valence-corrected chi connectivity index (χ2v) is 5.86. The van der Waals surface area contributed by atoms with Crippen LogP contribution in [0.2, 0.25) is 5.02 Å². The highest BCUT2D eigenvalue weighted by Gasteiger charge is 2.31. The van der Waals surface area contributed by atoms with Gasteiger partial charge in [-0.15, -0.1) is 0 Å². The summed E-state index contributed by atoms with van der Waals surface area (Å²) in [6, 6.07) is 16.1. The molecule has 0 N–H and O–H groups in total. The highest BCUT2D eigenvalue weighted by molar-refractivity contribution is 6.33. The molecule has 0 fully saturated rings. The zero-order chi connectivity index (χ0) is 19.6. The van der Waals surface area contributed by atoms with E-state index in [-0.39, 0.29) is 16.5 Å². The molecule has 0 atom stereocenters. The summed E-state index contributed by atoms with van der Waals surface area (Å²) < 4.78 is 44.2. The number of nitro groups is 1. The summed E-state index contributed by atoms with van der Waals surface area (Å²) in [5.74, 6) is 0.482. The van der Waals surface area contributed by atoms with Gasteiger partial charge in [0.25, 0.3) is 5.69 Å². The third-order valence-corrected chi connectivity index (χ3v) is 3.97. The van der Waals surface area contributed by atoms with Crippen molar-refractivity contribution in [2.24, 2.45) is 0 Å². The van der Waals surface area contributed by atoms with Crippen LogP contribution in [0.4, 0.5) is 18.9 Å². The Morgan fingerprint density at radius 3 is 2.44 bits per heavy atom. The van der Waals surface area contributed by atoms with Crippen LogP contribution in [0.3, 0.4) is 0 Å². The molecule has 3 aromatic carbocycles. The molecule has 0 spiro atoms. The van der Waals surface area contributed by atoms with Gasteiger partial charge >= 0.3 is 6.18 Å². The minimum Gasteiger partial charge on any atom is -0.456 e. The van der Waals surface area contributed by atoms with Crippen LogP contribution in [-0.2, 0) is 6.18 Å². The van der Waals surface area contributed by atoms with Crippen molar-refractivity contribution in [1.29, 1.82) is 0 Å².